The summed E-state index contributed by atoms with van der Waals surface area (Å²) in [7, 11) is 0. The monoisotopic (exact) mass is 166 g/mol. The third-order valence-corrected chi connectivity index (χ3v) is 2.41. The van der Waals surface area contributed by atoms with E-state index >= 15 is 0 Å². The second-order valence-electron chi connectivity index (χ2n) is 2.24. The summed E-state index contributed by atoms with van der Waals surface area (Å²) in [6.07, 6.45) is 5.87. The highest BCUT2D eigenvalue weighted by Crippen LogP contribution is 2.17. The van der Waals surface area contributed by atoms with Crippen molar-refractivity contribution in [3.63, 3.8) is 0 Å². The molecule has 0 aliphatic heterocycles. The van der Waals surface area contributed by atoms with Crippen LogP contribution in [0.15, 0.2) is 29.4 Å². The lowest BCUT2D eigenvalue weighted by atomic mass is 10.4. The zero-order valence-corrected chi connectivity index (χ0v) is 7.31. The van der Waals surface area contributed by atoms with Crippen molar-refractivity contribution in [2.24, 2.45) is 0 Å². The summed E-state index contributed by atoms with van der Waals surface area (Å²) in [5.41, 5.74) is 0. The van der Waals surface area contributed by atoms with Gasteiger partial charge in [0.05, 0.1) is 0 Å². The normalized spacial score (nSPS) is 9.91. The lowest BCUT2D eigenvalue weighted by molar-refractivity contribution is 0.969. The van der Waals surface area contributed by atoms with E-state index in [-0.39, 0.29) is 0 Å². The number of hydrogen-bond donors (Lipinski definition) is 0. The fraction of sp³-hybridized carbons (Fsp3) is 0.333. The maximum Gasteiger partial charge on any atom is 0.0278 e. The first-order chi connectivity index (χ1) is 5.43. The zero-order chi connectivity index (χ0) is 7.94. The summed E-state index contributed by atoms with van der Waals surface area (Å²) in [5, 5.41) is 0. The van der Waals surface area contributed by atoms with Crippen LogP contribution in [0.5, 0.6) is 0 Å². The molecule has 0 saturated heterocycles. The fourth-order valence-electron chi connectivity index (χ4n) is 0.727. The van der Waals surface area contributed by atoms with Crippen molar-refractivity contribution in [3.8, 4) is 0 Å². The molecule has 1 nitrogen and oxygen atoms in total. The van der Waals surface area contributed by atoms with Gasteiger partial charge in [0.15, 0.2) is 0 Å². The van der Waals surface area contributed by atoms with Gasteiger partial charge in [0, 0.05) is 17.3 Å². The first-order valence-corrected chi connectivity index (χ1v) is 4.74. The molecule has 0 N–H and O–H groups in total. The van der Waals surface area contributed by atoms with Crippen LogP contribution in [-0.2, 0) is 0 Å². The van der Waals surface area contributed by atoms with Gasteiger partial charge in [0.1, 0.15) is 0 Å². The van der Waals surface area contributed by atoms with Crippen LogP contribution in [0.25, 0.3) is 0 Å². The molecule has 0 amide bonds. The Morgan fingerprint density at radius 3 is 2.73 bits per heavy atom. The quantitative estimate of drug-likeness (QED) is 0.504. The molecule has 0 spiro atoms. The maximum absolute atomic E-state index is 3.95. The average Bonchev–Trinajstić information content (AvgIpc) is 2.07. The molecule has 1 radical (unpaired) electrons. The Balaban J connectivity index is 2.28. The molecule has 11 heavy (non-hydrogen) atoms. The molecule has 1 heterocycles. The van der Waals surface area contributed by atoms with Crippen molar-refractivity contribution in [3.05, 3.63) is 31.5 Å². The molecular weight excluding hydrogens is 154 g/mol. The molecule has 0 aliphatic carbocycles. The minimum atomic E-state index is 1.03. The molecule has 0 fully saturated rings. The first kappa shape index (κ1) is 8.60. The van der Waals surface area contributed by atoms with Crippen LogP contribution >= 0.6 is 11.8 Å². The minimum Gasteiger partial charge on any atom is -0.265 e. The van der Waals surface area contributed by atoms with Crippen molar-refractivity contribution in [1.29, 1.82) is 0 Å². The molecular formula is C9H12NS. The van der Waals surface area contributed by atoms with Gasteiger partial charge in [0.25, 0.3) is 0 Å². The first-order valence-electron chi connectivity index (χ1n) is 3.75. The van der Waals surface area contributed by atoms with Gasteiger partial charge in [0.2, 0.25) is 0 Å². The van der Waals surface area contributed by atoms with Gasteiger partial charge in [-0.25, -0.2) is 0 Å². The largest absolute Gasteiger partial charge is 0.265 e. The van der Waals surface area contributed by atoms with E-state index in [0.29, 0.717) is 0 Å². The van der Waals surface area contributed by atoms with Crippen molar-refractivity contribution in [2.45, 2.75) is 17.7 Å². The summed E-state index contributed by atoms with van der Waals surface area (Å²) in [5.74, 6) is 1.16. The molecule has 0 unspecified atom stereocenters. The van der Waals surface area contributed by atoms with Crippen LogP contribution < -0.4 is 0 Å². The number of rotatable bonds is 4. The molecule has 2 heteroatoms. The van der Waals surface area contributed by atoms with E-state index in [1.54, 1.807) is 0 Å². The van der Waals surface area contributed by atoms with Crippen LogP contribution in [0, 0.1) is 6.92 Å². The summed E-state index contributed by atoms with van der Waals surface area (Å²) < 4.78 is 0. The van der Waals surface area contributed by atoms with Crippen LogP contribution in [0.2, 0.25) is 0 Å². The van der Waals surface area contributed by atoms with Gasteiger partial charge < -0.3 is 0 Å². The van der Waals surface area contributed by atoms with Crippen LogP contribution in [0.4, 0.5) is 0 Å². The third kappa shape index (κ3) is 3.42. The van der Waals surface area contributed by atoms with E-state index in [0.717, 1.165) is 12.2 Å². The Labute approximate surface area is 72.2 Å². The predicted molar refractivity (Wildman–Crippen MR) is 49.6 cm³/mol. The molecule has 0 atom stereocenters. The van der Waals surface area contributed by atoms with Crippen LogP contribution in [0.1, 0.15) is 12.8 Å². The Morgan fingerprint density at radius 2 is 2.09 bits per heavy atom. The molecule has 0 bridgehead atoms. The highest BCUT2D eigenvalue weighted by Gasteiger charge is 1.90. The van der Waals surface area contributed by atoms with Gasteiger partial charge in [-0.15, -0.1) is 11.8 Å². The average molecular weight is 166 g/mol. The molecule has 0 aromatic carbocycles. The van der Waals surface area contributed by atoms with Gasteiger partial charge in [-0.2, -0.15) is 0 Å². The predicted octanol–water partition coefficient (Wildman–Crippen LogP) is 2.79. The minimum absolute atomic E-state index is 1.03. The van der Waals surface area contributed by atoms with Gasteiger partial charge in [-0.05, 0) is 24.3 Å². The van der Waals surface area contributed by atoms with Gasteiger partial charge in [-0.1, -0.05) is 13.3 Å². The molecule has 1 rings (SSSR count). The number of unbranched alkanes of at least 4 members (excludes halogenated alkanes) is 1. The van der Waals surface area contributed by atoms with Gasteiger partial charge >= 0.3 is 0 Å². The van der Waals surface area contributed by atoms with Crippen molar-refractivity contribution < 1.29 is 0 Å². The molecule has 1 aromatic heterocycles. The smallest absolute Gasteiger partial charge is 0.0278 e. The lowest BCUT2D eigenvalue weighted by Gasteiger charge is -1.97. The second-order valence-corrected chi connectivity index (χ2v) is 3.41. The number of aromatic nitrogens is 1. The summed E-state index contributed by atoms with van der Waals surface area (Å²) in [6.45, 7) is 3.79. The Kier molecular flexibility index (Phi) is 4.06. The van der Waals surface area contributed by atoms with E-state index < -0.39 is 0 Å². The molecule has 59 valence electrons. The van der Waals surface area contributed by atoms with E-state index in [1.807, 2.05) is 36.3 Å². The SMILES string of the molecule is [CH2]CCCSc1ccncc1. The maximum atomic E-state index is 3.95. The van der Waals surface area contributed by atoms with Crippen LogP contribution in [-0.4, -0.2) is 10.7 Å². The molecule has 0 aliphatic rings. The second kappa shape index (κ2) is 5.19. The molecule has 0 saturated carbocycles. The summed E-state index contributed by atoms with van der Waals surface area (Å²) >= 11 is 1.86. The summed E-state index contributed by atoms with van der Waals surface area (Å²) in [6, 6.07) is 4.07. The van der Waals surface area contributed by atoms with E-state index in [9.17, 15) is 0 Å². The standard InChI is InChI=1S/C9H12NS/c1-2-3-8-11-9-4-6-10-7-5-9/h4-7H,1-3,8H2. The van der Waals surface area contributed by atoms with E-state index in [2.05, 4.69) is 11.9 Å². The van der Waals surface area contributed by atoms with Crippen molar-refractivity contribution in [1.82, 2.24) is 4.98 Å². The molecule has 1 aromatic rings. The summed E-state index contributed by atoms with van der Waals surface area (Å²) in [4.78, 5) is 5.25. The van der Waals surface area contributed by atoms with Crippen LogP contribution in [0.3, 0.4) is 0 Å². The highest BCUT2D eigenvalue weighted by molar-refractivity contribution is 7.99. The highest BCUT2D eigenvalue weighted by atomic mass is 32.2. The Bertz CT molecular complexity index is 186. The number of pyridine rings is 1. The topological polar surface area (TPSA) is 12.9 Å². The van der Waals surface area contributed by atoms with Crippen molar-refractivity contribution >= 4 is 11.8 Å². The zero-order valence-electron chi connectivity index (χ0n) is 6.49. The third-order valence-electron chi connectivity index (χ3n) is 1.31. The lowest BCUT2D eigenvalue weighted by Crippen LogP contribution is -1.78. The van der Waals surface area contributed by atoms with Crippen molar-refractivity contribution in [2.75, 3.05) is 5.75 Å². The Morgan fingerprint density at radius 1 is 1.36 bits per heavy atom. The van der Waals surface area contributed by atoms with E-state index in [4.69, 9.17) is 0 Å². The number of nitrogens with zero attached hydrogens (tertiary/aromatic N) is 1. The van der Waals surface area contributed by atoms with E-state index in [1.165, 1.54) is 11.3 Å². The Hall–Kier alpha value is -0.500. The number of hydrogen-bond acceptors (Lipinski definition) is 2. The number of thioether (sulfide) groups is 1. The fourth-order valence-corrected chi connectivity index (χ4v) is 1.62. The van der Waals surface area contributed by atoms with Gasteiger partial charge in [-0.3, -0.25) is 4.98 Å².